The first-order chi connectivity index (χ1) is 8.97. The van der Waals surface area contributed by atoms with Gasteiger partial charge in [0.05, 0.1) is 5.56 Å². The minimum Gasteiger partial charge on any atom is -0.382 e. The highest BCUT2D eigenvalue weighted by Gasteiger charge is 2.18. The van der Waals surface area contributed by atoms with Crippen LogP contribution in [0.1, 0.15) is 12.6 Å². The van der Waals surface area contributed by atoms with Crippen LogP contribution in [0.25, 0.3) is 10.6 Å². The van der Waals surface area contributed by atoms with Crippen molar-refractivity contribution in [2.75, 3.05) is 31.7 Å². The van der Waals surface area contributed by atoms with Crippen molar-refractivity contribution >= 4 is 33.7 Å². The quantitative estimate of drug-likeness (QED) is 0.887. The van der Waals surface area contributed by atoms with Gasteiger partial charge in [-0.2, -0.15) is 4.37 Å². The van der Waals surface area contributed by atoms with Crippen molar-refractivity contribution in [3.63, 3.8) is 0 Å². The third kappa shape index (κ3) is 3.43. The topological polar surface area (TPSA) is 67.1 Å². The van der Waals surface area contributed by atoms with E-state index in [1.165, 1.54) is 11.5 Å². The molecule has 0 radical (unpaired) electrons. The number of hydrogen-bond acceptors (Lipinski definition) is 7. The molecule has 1 atom stereocenters. The fourth-order valence-electron chi connectivity index (χ4n) is 1.89. The third-order valence-corrected chi connectivity index (χ3v) is 4.34. The van der Waals surface area contributed by atoms with Crippen LogP contribution in [0, 0.1) is 6.92 Å². The maximum atomic E-state index is 5.98. The molecule has 19 heavy (non-hydrogen) atoms. The van der Waals surface area contributed by atoms with Crippen molar-refractivity contribution < 1.29 is 0 Å². The number of likely N-dealkylation sites (N-methyl/N-ethyl adjacent to an activating group) is 1. The maximum Gasteiger partial charge on any atom is 0.149 e. The summed E-state index contributed by atoms with van der Waals surface area (Å²) in [6.45, 7) is 5.08. The van der Waals surface area contributed by atoms with Gasteiger partial charge in [0, 0.05) is 23.7 Å². The van der Waals surface area contributed by atoms with Crippen molar-refractivity contribution in [1.29, 1.82) is 0 Å². The molecule has 0 aliphatic heterocycles. The second-order valence-electron chi connectivity index (χ2n) is 4.87. The van der Waals surface area contributed by atoms with Gasteiger partial charge in [0.25, 0.3) is 0 Å². The Balaban J connectivity index is 2.23. The standard InChI is InChI=1S/C12H19N5S2/c1-7(5-17(3)4)14-12-9(10(13)16-19-12)11-15-8(2)6-18-11/h6-7,14H,5H2,1-4H3,(H2,13,16). The summed E-state index contributed by atoms with van der Waals surface area (Å²) < 4.78 is 4.24. The van der Waals surface area contributed by atoms with Crippen LogP contribution in [0.15, 0.2) is 5.38 Å². The third-order valence-electron chi connectivity index (χ3n) is 2.57. The highest BCUT2D eigenvalue weighted by Crippen LogP contribution is 2.38. The lowest BCUT2D eigenvalue weighted by Gasteiger charge is -2.18. The molecule has 3 N–H and O–H groups in total. The van der Waals surface area contributed by atoms with Crippen LogP contribution in [0.4, 0.5) is 10.8 Å². The first kappa shape index (κ1) is 14.2. The van der Waals surface area contributed by atoms with Gasteiger partial charge < -0.3 is 16.0 Å². The number of nitrogen functional groups attached to an aromatic ring is 1. The molecule has 0 fully saturated rings. The van der Waals surface area contributed by atoms with E-state index in [4.69, 9.17) is 5.73 Å². The first-order valence-electron chi connectivity index (χ1n) is 6.06. The average molecular weight is 297 g/mol. The summed E-state index contributed by atoms with van der Waals surface area (Å²) in [5, 5.41) is 7.43. The van der Waals surface area contributed by atoms with Gasteiger partial charge in [0.15, 0.2) is 0 Å². The van der Waals surface area contributed by atoms with E-state index in [0.29, 0.717) is 11.9 Å². The lowest BCUT2D eigenvalue weighted by Crippen LogP contribution is -2.29. The van der Waals surface area contributed by atoms with Gasteiger partial charge in [0.1, 0.15) is 15.8 Å². The summed E-state index contributed by atoms with van der Waals surface area (Å²) in [6.07, 6.45) is 0. The molecule has 0 aliphatic carbocycles. The molecular weight excluding hydrogens is 278 g/mol. The number of thiazole rings is 1. The molecule has 1 unspecified atom stereocenters. The monoisotopic (exact) mass is 297 g/mol. The van der Waals surface area contributed by atoms with E-state index in [0.717, 1.165) is 27.8 Å². The van der Waals surface area contributed by atoms with Gasteiger partial charge in [-0.25, -0.2) is 4.98 Å². The molecule has 2 aromatic heterocycles. The number of hydrogen-bond donors (Lipinski definition) is 2. The Labute approximate surface area is 121 Å². The van der Waals surface area contributed by atoms with Crippen LogP contribution in [0.3, 0.4) is 0 Å². The molecule has 104 valence electrons. The summed E-state index contributed by atoms with van der Waals surface area (Å²) >= 11 is 3.00. The Morgan fingerprint density at radius 3 is 2.79 bits per heavy atom. The number of nitrogens with one attached hydrogen (secondary N) is 1. The summed E-state index contributed by atoms with van der Waals surface area (Å²) in [5.41, 5.74) is 7.93. The molecule has 0 saturated carbocycles. The molecular formula is C12H19N5S2. The van der Waals surface area contributed by atoms with Crippen molar-refractivity contribution in [2.24, 2.45) is 0 Å². The summed E-state index contributed by atoms with van der Waals surface area (Å²) in [5.74, 6) is 0.555. The number of anilines is 2. The number of nitrogens with two attached hydrogens (primary N) is 1. The summed E-state index contributed by atoms with van der Waals surface area (Å²) in [6, 6.07) is 0.328. The van der Waals surface area contributed by atoms with E-state index >= 15 is 0 Å². The van der Waals surface area contributed by atoms with E-state index in [-0.39, 0.29) is 0 Å². The van der Waals surface area contributed by atoms with Gasteiger partial charge in [-0.1, -0.05) is 0 Å². The van der Waals surface area contributed by atoms with Crippen molar-refractivity contribution in [3.05, 3.63) is 11.1 Å². The van der Waals surface area contributed by atoms with Gasteiger partial charge >= 0.3 is 0 Å². The zero-order valence-corrected chi connectivity index (χ0v) is 13.2. The van der Waals surface area contributed by atoms with Crippen molar-refractivity contribution in [2.45, 2.75) is 19.9 Å². The average Bonchev–Trinajstić information content (AvgIpc) is 2.84. The largest absolute Gasteiger partial charge is 0.382 e. The highest BCUT2D eigenvalue weighted by molar-refractivity contribution is 7.15. The van der Waals surface area contributed by atoms with Gasteiger partial charge in [0.2, 0.25) is 0 Å². The van der Waals surface area contributed by atoms with Gasteiger partial charge in [-0.15, -0.1) is 11.3 Å². The first-order valence-corrected chi connectivity index (χ1v) is 7.71. The Kier molecular flexibility index (Phi) is 4.38. The Morgan fingerprint density at radius 2 is 2.21 bits per heavy atom. The van der Waals surface area contributed by atoms with Crippen LogP contribution in [-0.2, 0) is 0 Å². The van der Waals surface area contributed by atoms with Crippen LogP contribution in [-0.4, -0.2) is 40.9 Å². The number of nitrogens with zero attached hydrogens (tertiary/aromatic N) is 3. The SMILES string of the molecule is Cc1csc(-c2c(N)nsc2NC(C)CN(C)C)n1. The fraction of sp³-hybridized carbons (Fsp3) is 0.500. The molecule has 2 aromatic rings. The number of aryl methyl sites for hydroxylation is 1. The molecule has 0 saturated heterocycles. The molecule has 5 nitrogen and oxygen atoms in total. The van der Waals surface area contributed by atoms with Gasteiger partial charge in [-0.3, -0.25) is 0 Å². The fourth-order valence-corrected chi connectivity index (χ4v) is 3.64. The number of aromatic nitrogens is 2. The van der Waals surface area contributed by atoms with Crippen molar-refractivity contribution in [1.82, 2.24) is 14.3 Å². The predicted molar refractivity (Wildman–Crippen MR) is 84.0 cm³/mol. The molecule has 0 aliphatic rings. The molecule has 2 heterocycles. The van der Waals surface area contributed by atoms with Gasteiger partial charge in [-0.05, 0) is 39.5 Å². The van der Waals surface area contributed by atoms with Crippen LogP contribution < -0.4 is 11.1 Å². The number of rotatable bonds is 5. The van der Waals surface area contributed by atoms with E-state index in [9.17, 15) is 0 Å². The highest BCUT2D eigenvalue weighted by atomic mass is 32.1. The van der Waals surface area contributed by atoms with Crippen LogP contribution in [0.5, 0.6) is 0 Å². The Hall–Kier alpha value is -1.18. The normalized spacial score (nSPS) is 12.9. The summed E-state index contributed by atoms with van der Waals surface area (Å²) in [4.78, 5) is 6.65. The zero-order valence-electron chi connectivity index (χ0n) is 11.6. The van der Waals surface area contributed by atoms with Crippen LogP contribution >= 0.6 is 22.9 Å². The van der Waals surface area contributed by atoms with Crippen molar-refractivity contribution in [3.8, 4) is 10.6 Å². The zero-order chi connectivity index (χ0) is 14.0. The second kappa shape index (κ2) is 5.85. The molecule has 2 rings (SSSR count). The molecule has 0 aromatic carbocycles. The smallest absolute Gasteiger partial charge is 0.149 e. The van der Waals surface area contributed by atoms with E-state index < -0.39 is 0 Å². The van der Waals surface area contributed by atoms with E-state index in [1.807, 2.05) is 12.3 Å². The molecule has 0 amide bonds. The minimum atomic E-state index is 0.328. The Bertz CT molecular complexity index is 546. The molecule has 7 heteroatoms. The van der Waals surface area contributed by atoms with E-state index in [2.05, 4.69) is 40.6 Å². The van der Waals surface area contributed by atoms with Crippen LogP contribution in [0.2, 0.25) is 0 Å². The van der Waals surface area contributed by atoms with E-state index in [1.54, 1.807) is 11.3 Å². The molecule has 0 spiro atoms. The molecule has 0 bridgehead atoms. The second-order valence-corrected chi connectivity index (χ2v) is 6.51. The predicted octanol–water partition coefficient (Wildman–Crippen LogP) is 2.52. The Morgan fingerprint density at radius 1 is 1.47 bits per heavy atom. The minimum absolute atomic E-state index is 0.328. The lowest BCUT2D eigenvalue weighted by atomic mass is 10.3. The summed E-state index contributed by atoms with van der Waals surface area (Å²) in [7, 11) is 4.12. The lowest BCUT2D eigenvalue weighted by molar-refractivity contribution is 0.392. The maximum absolute atomic E-state index is 5.98.